The van der Waals surface area contributed by atoms with E-state index in [1.54, 1.807) is 7.11 Å². The monoisotopic (exact) mass is 372 g/mol. The molecule has 6 heteroatoms. The van der Waals surface area contributed by atoms with E-state index < -0.39 is 0 Å². The van der Waals surface area contributed by atoms with Gasteiger partial charge in [0, 0.05) is 0 Å². The van der Waals surface area contributed by atoms with E-state index in [1.807, 2.05) is 40.8 Å². The summed E-state index contributed by atoms with van der Waals surface area (Å²) in [5.41, 5.74) is 0.924. The lowest BCUT2D eigenvalue weighted by Gasteiger charge is -2.11. The third-order valence-electron chi connectivity index (χ3n) is 2.61. The number of aryl methyl sites for hydroxylation is 1. The molecule has 0 amide bonds. The highest BCUT2D eigenvalue weighted by Crippen LogP contribution is 2.32. The number of aromatic nitrogens is 2. The van der Waals surface area contributed by atoms with Gasteiger partial charge in [-0.1, -0.05) is 13.0 Å². The molecule has 100 valence electrons. The summed E-state index contributed by atoms with van der Waals surface area (Å²) in [4.78, 5) is 18.0. The molecular formula is C13H13IN2O3. The van der Waals surface area contributed by atoms with Crippen LogP contribution in [0.5, 0.6) is 17.4 Å². The molecule has 0 aliphatic rings. The summed E-state index contributed by atoms with van der Waals surface area (Å²) in [6.07, 6.45) is 2.23. The van der Waals surface area contributed by atoms with Crippen LogP contribution in [0, 0.1) is 3.57 Å². The highest BCUT2D eigenvalue weighted by atomic mass is 127. The molecule has 0 aliphatic heterocycles. The second-order valence-corrected chi connectivity index (χ2v) is 4.87. The Morgan fingerprint density at radius 2 is 2.16 bits per heavy atom. The maximum Gasteiger partial charge on any atom is 0.268 e. The topological polar surface area (TPSA) is 64.2 Å². The Hall–Kier alpha value is -1.57. The summed E-state index contributed by atoms with van der Waals surface area (Å²) in [5.74, 6) is 1.43. The van der Waals surface area contributed by atoms with Gasteiger partial charge in [-0.2, -0.15) is 0 Å². The van der Waals surface area contributed by atoms with E-state index in [4.69, 9.17) is 9.47 Å². The Kier molecular flexibility index (Phi) is 4.41. The van der Waals surface area contributed by atoms with Gasteiger partial charge in [0.15, 0.2) is 11.5 Å². The first-order valence-electron chi connectivity index (χ1n) is 5.73. The molecule has 1 heterocycles. The number of hydrogen-bond donors (Lipinski definition) is 1. The molecule has 19 heavy (non-hydrogen) atoms. The fourth-order valence-corrected chi connectivity index (χ4v) is 1.96. The van der Waals surface area contributed by atoms with Crippen LogP contribution >= 0.6 is 22.6 Å². The molecule has 0 fully saturated rings. The largest absolute Gasteiger partial charge is 0.493 e. The number of aromatic amines is 1. The SMILES string of the molecule is CCc1ccc(Oc2nc[nH]c(=O)c2I)c(OC)c1. The smallest absolute Gasteiger partial charge is 0.268 e. The van der Waals surface area contributed by atoms with Crippen LogP contribution in [-0.2, 0) is 6.42 Å². The van der Waals surface area contributed by atoms with Gasteiger partial charge >= 0.3 is 0 Å². The Balaban J connectivity index is 2.38. The van der Waals surface area contributed by atoms with Gasteiger partial charge < -0.3 is 14.5 Å². The van der Waals surface area contributed by atoms with E-state index in [9.17, 15) is 4.79 Å². The molecule has 0 aliphatic carbocycles. The van der Waals surface area contributed by atoms with Crippen LogP contribution in [0.3, 0.4) is 0 Å². The summed E-state index contributed by atoms with van der Waals surface area (Å²) in [6.45, 7) is 2.07. The normalized spacial score (nSPS) is 10.3. The quantitative estimate of drug-likeness (QED) is 0.839. The minimum Gasteiger partial charge on any atom is -0.493 e. The zero-order valence-corrected chi connectivity index (χ0v) is 12.7. The number of benzene rings is 1. The van der Waals surface area contributed by atoms with Crippen molar-refractivity contribution in [1.82, 2.24) is 9.97 Å². The van der Waals surface area contributed by atoms with E-state index in [2.05, 4.69) is 16.9 Å². The minimum atomic E-state index is -0.227. The molecule has 0 spiro atoms. The number of nitrogens with zero attached hydrogens (tertiary/aromatic N) is 1. The molecule has 2 rings (SSSR count). The van der Waals surface area contributed by atoms with Gasteiger partial charge in [0.1, 0.15) is 3.57 Å². The van der Waals surface area contributed by atoms with E-state index in [-0.39, 0.29) is 11.4 Å². The lowest BCUT2D eigenvalue weighted by atomic mass is 10.1. The van der Waals surface area contributed by atoms with E-state index >= 15 is 0 Å². The van der Waals surface area contributed by atoms with Gasteiger partial charge in [-0.05, 0) is 46.7 Å². The predicted octanol–water partition coefficient (Wildman–Crippen LogP) is 2.74. The van der Waals surface area contributed by atoms with Crippen LogP contribution in [0.1, 0.15) is 12.5 Å². The summed E-state index contributed by atoms with van der Waals surface area (Å²) in [7, 11) is 1.58. The molecule has 1 N–H and O–H groups in total. The third kappa shape index (κ3) is 3.06. The van der Waals surface area contributed by atoms with E-state index in [0.717, 1.165) is 12.0 Å². The lowest BCUT2D eigenvalue weighted by molar-refractivity contribution is 0.372. The van der Waals surface area contributed by atoms with Gasteiger partial charge in [-0.3, -0.25) is 4.79 Å². The number of hydrogen-bond acceptors (Lipinski definition) is 4. The fourth-order valence-electron chi connectivity index (χ4n) is 1.56. The first kappa shape index (κ1) is 13.9. The molecule has 2 aromatic rings. The zero-order valence-electron chi connectivity index (χ0n) is 10.6. The van der Waals surface area contributed by atoms with Crippen LogP contribution in [0.25, 0.3) is 0 Å². The fraction of sp³-hybridized carbons (Fsp3) is 0.231. The molecule has 0 saturated heterocycles. The van der Waals surface area contributed by atoms with Gasteiger partial charge in [0.2, 0.25) is 5.88 Å². The van der Waals surface area contributed by atoms with Gasteiger partial charge in [0.25, 0.3) is 5.56 Å². The molecule has 0 bridgehead atoms. The highest BCUT2D eigenvalue weighted by molar-refractivity contribution is 14.1. The van der Waals surface area contributed by atoms with Crippen LogP contribution in [0.4, 0.5) is 0 Å². The Morgan fingerprint density at radius 3 is 2.84 bits per heavy atom. The predicted molar refractivity (Wildman–Crippen MR) is 80.0 cm³/mol. The first-order chi connectivity index (χ1) is 9.15. The Labute approximate surface area is 124 Å². The minimum absolute atomic E-state index is 0.227. The van der Waals surface area contributed by atoms with E-state index in [0.29, 0.717) is 15.1 Å². The number of rotatable bonds is 4. The Morgan fingerprint density at radius 1 is 1.37 bits per heavy atom. The third-order valence-corrected chi connectivity index (χ3v) is 3.56. The second kappa shape index (κ2) is 6.05. The average molecular weight is 372 g/mol. The molecular weight excluding hydrogens is 359 g/mol. The first-order valence-corrected chi connectivity index (χ1v) is 6.81. The Bertz CT molecular complexity index is 640. The van der Waals surface area contributed by atoms with Crippen LogP contribution < -0.4 is 15.0 Å². The highest BCUT2D eigenvalue weighted by Gasteiger charge is 2.11. The summed E-state index contributed by atoms with van der Waals surface area (Å²) in [5, 5.41) is 0. The lowest BCUT2D eigenvalue weighted by Crippen LogP contribution is -2.11. The van der Waals surface area contributed by atoms with Crippen molar-refractivity contribution in [3.63, 3.8) is 0 Å². The van der Waals surface area contributed by atoms with Crippen molar-refractivity contribution in [2.45, 2.75) is 13.3 Å². The molecule has 1 aromatic heterocycles. The van der Waals surface area contributed by atoms with Gasteiger partial charge in [-0.25, -0.2) is 4.98 Å². The van der Waals surface area contributed by atoms with Gasteiger partial charge in [0.05, 0.1) is 13.4 Å². The molecule has 0 saturated carbocycles. The maximum absolute atomic E-state index is 11.5. The zero-order chi connectivity index (χ0) is 13.8. The van der Waals surface area contributed by atoms with Crippen molar-refractivity contribution in [1.29, 1.82) is 0 Å². The number of H-pyrrole nitrogens is 1. The van der Waals surface area contributed by atoms with Crippen LogP contribution in [-0.4, -0.2) is 17.1 Å². The molecule has 1 aromatic carbocycles. The van der Waals surface area contributed by atoms with Crippen LogP contribution in [0.2, 0.25) is 0 Å². The average Bonchev–Trinajstić information content (AvgIpc) is 2.44. The molecule has 0 radical (unpaired) electrons. The molecule has 0 atom stereocenters. The summed E-state index contributed by atoms with van der Waals surface area (Å²) < 4.78 is 11.3. The van der Waals surface area contributed by atoms with Crippen molar-refractivity contribution in [3.8, 4) is 17.4 Å². The maximum atomic E-state index is 11.5. The van der Waals surface area contributed by atoms with E-state index in [1.165, 1.54) is 6.33 Å². The van der Waals surface area contributed by atoms with Crippen molar-refractivity contribution >= 4 is 22.6 Å². The number of nitrogens with one attached hydrogen (secondary N) is 1. The standard InChI is InChI=1S/C13H13IN2O3/c1-3-8-4-5-9(10(6-8)18-2)19-13-11(14)12(17)15-7-16-13/h4-7H,3H2,1-2H3,(H,15,16,17). The number of halogens is 1. The number of ether oxygens (including phenoxy) is 2. The van der Waals surface area contributed by atoms with Crippen molar-refractivity contribution < 1.29 is 9.47 Å². The molecule has 5 nitrogen and oxygen atoms in total. The van der Waals surface area contributed by atoms with Crippen molar-refractivity contribution in [2.24, 2.45) is 0 Å². The van der Waals surface area contributed by atoms with Crippen molar-refractivity contribution in [3.05, 3.63) is 44.0 Å². The second-order valence-electron chi connectivity index (χ2n) is 3.79. The van der Waals surface area contributed by atoms with Crippen LogP contribution in [0.15, 0.2) is 29.3 Å². The summed E-state index contributed by atoms with van der Waals surface area (Å²) >= 11 is 1.90. The summed E-state index contributed by atoms with van der Waals surface area (Å²) in [6, 6.07) is 5.68. The van der Waals surface area contributed by atoms with Gasteiger partial charge in [-0.15, -0.1) is 0 Å². The molecule has 0 unspecified atom stereocenters. The number of methoxy groups -OCH3 is 1. The van der Waals surface area contributed by atoms with Crippen molar-refractivity contribution in [2.75, 3.05) is 7.11 Å².